The van der Waals surface area contributed by atoms with Crippen LogP contribution in [0, 0.1) is 0 Å². The van der Waals surface area contributed by atoms with Gasteiger partial charge in [0.15, 0.2) is 17.5 Å². The van der Waals surface area contributed by atoms with Gasteiger partial charge >= 0.3 is 0 Å². The van der Waals surface area contributed by atoms with E-state index in [1.165, 1.54) is 76.3 Å². The summed E-state index contributed by atoms with van der Waals surface area (Å²) in [4.78, 5) is 25.2. The first-order valence-corrected chi connectivity index (χ1v) is 35.8. The molecule has 6 heterocycles. The SMILES string of the molecule is c1ccc(-c2cc(-c3ccccc3)nc(-n3c4ccccc4c4ccc(-c5ccc6c(c5)c5ccccc5n6-c5ccccc5)cc43)n2)cc1.c1ccc(-c2nc(-c3ccccc3)nc(-c3ccc(-n4c5ccccc5c5cc(-c6ccc7c(c6)c6ccccc6n7-c6ccccc6)ccc54)cc3)n2)cc1. The van der Waals surface area contributed by atoms with E-state index >= 15 is 0 Å². The van der Waals surface area contributed by atoms with Gasteiger partial charge in [-0.1, -0.05) is 261 Å². The van der Waals surface area contributed by atoms with Crippen LogP contribution in [0.2, 0.25) is 0 Å². The maximum atomic E-state index is 5.23. The molecule has 6 aromatic heterocycles. The van der Waals surface area contributed by atoms with Crippen molar-refractivity contribution < 1.29 is 0 Å². The van der Waals surface area contributed by atoms with Crippen LogP contribution >= 0.6 is 0 Å². The van der Waals surface area contributed by atoms with E-state index in [9.17, 15) is 0 Å². The predicted octanol–water partition coefficient (Wildman–Crippen LogP) is 24.4. The van der Waals surface area contributed by atoms with E-state index < -0.39 is 0 Å². The van der Waals surface area contributed by atoms with E-state index in [-0.39, 0.29) is 0 Å². The average Bonchev–Trinajstić information content (AvgIpc) is 1.59. The molecule has 496 valence electrons. The number of nitrogens with zero attached hydrogens (tertiary/aromatic N) is 9. The summed E-state index contributed by atoms with van der Waals surface area (Å²) in [5.41, 5.74) is 24.0. The summed E-state index contributed by atoms with van der Waals surface area (Å²) in [6.45, 7) is 0. The number of aromatic nitrogens is 9. The van der Waals surface area contributed by atoms with Crippen LogP contribution in [0.1, 0.15) is 0 Å². The fourth-order valence-electron chi connectivity index (χ4n) is 15.6. The Morgan fingerprint density at radius 2 is 0.415 bits per heavy atom. The second-order valence-electron chi connectivity index (χ2n) is 26.8. The largest absolute Gasteiger partial charge is 0.309 e. The molecule has 21 rings (SSSR count). The van der Waals surface area contributed by atoms with Crippen molar-refractivity contribution in [1.82, 2.24) is 43.2 Å². The van der Waals surface area contributed by atoms with Crippen LogP contribution in [0.4, 0.5) is 0 Å². The molecule has 0 aliphatic carbocycles. The van der Waals surface area contributed by atoms with E-state index in [0.29, 0.717) is 23.4 Å². The molecule has 0 aliphatic heterocycles. The molecule has 0 radical (unpaired) electrons. The topological polar surface area (TPSA) is 84.2 Å². The predicted molar refractivity (Wildman–Crippen MR) is 437 cm³/mol. The maximum Gasteiger partial charge on any atom is 0.235 e. The highest BCUT2D eigenvalue weighted by molar-refractivity contribution is 6.15. The Hall–Kier alpha value is -14.4. The first kappa shape index (κ1) is 61.5. The van der Waals surface area contributed by atoms with Crippen molar-refractivity contribution >= 4 is 87.2 Å². The second kappa shape index (κ2) is 25.9. The highest BCUT2D eigenvalue weighted by Crippen LogP contribution is 2.42. The third-order valence-corrected chi connectivity index (χ3v) is 20.5. The molecule has 0 saturated carbocycles. The molecule has 9 heteroatoms. The molecule has 0 saturated heterocycles. The fraction of sp³-hybridized carbons (Fsp3) is 0. The minimum Gasteiger partial charge on any atom is -0.309 e. The van der Waals surface area contributed by atoms with Crippen molar-refractivity contribution in [3.8, 4) is 102 Å². The van der Waals surface area contributed by atoms with Gasteiger partial charge < -0.3 is 13.7 Å². The molecule has 106 heavy (non-hydrogen) atoms. The normalized spacial score (nSPS) is 11.6. The Morgan fingerprint density at radius 1 is 0.151 bits per heavy atom. The van der Waals surface area contributed by atoms with Crippen LogP contribution in [0.15, 0.2) is 382 Å². The third-order valence-electron chi connectivity index (χ3n) is 20.5. The van der Waals surface area contributed by atoms with Gasteiger partial charge in [-0.2, -0.15) is 0 Å². The van der Waals surface area contributed by atoms with Crippen molar-refractivity contribution in [2.75, 3.05) is 0 Å². The highest BCUT2D eigenvalue weighted by Gasteiger charge is 2.22. The van der Waals surface area contributed by atoms with Crippen molar-refractivity contribution in [1.29, 1.82) is 0 Å². The Balaban J connectivity index is 0.000000141. The number of hydrogen-bond donors (Lipinski definition) is 0. The van der Waals surface area contributed by atoms with E-state index in [0.717, 1.165) is 89.5 Å². The molecule has 0 unspecified atom stereocenters. The number of hydrogen-bond acceptors (Lipinski definition) is 5. The summed E-state index contributed by atoms with van der Waals surface area (Å²) in [5.74, 6) is 2.59. The zero-order chi connectivity index (χ0) is 70.0. The molecule has 0 fully saturated rings. The van der Waals surface area contributed by atoms with Crippen LogP contribution in [0.3, 0.4) is 0 Å². The molecular formula is C97H63N9. The molecule has 0 atom stereocenters. The number of rotatable bonds is 11. The van der Waals surface area contributed by atoms with Crippen molar-refractivity contribution in [2.24, 2.45) is 0 Å². The molecule has 9 nitrogen and oxygen atoms in total. The minimum atomic E-state index is 0.639. The molecule has 15 aromatic carbocycles. The Kier molecular flexibility index (Phi) is 15.0. The Morgan fingerprint density at radius 3 is 0.802 bits per heavy atom. The van der Waals surface area contributed by atoms with Crippen LogP contribution in [-0.4, -0.2) is 43.2 Å². The van der Waals surface area contributed by atoms with Gasteiger partial charge in [-0.05, 0) is 144 Å². The van der Waals surface area contributed by atoms with Gasteiger partial charge in [0, 0.05) is 88.0 Å². The van der Waals surface area contributed by atoms with Gasteiger partial charge in [-0.15, -0.1) is 0 Å². The molecule has 0 amide bonds. The third kappa shape index (κ3) is 10.8. The highest BCUT2D eigenvalue weighted by atomic mass is 15.2. The summed E-state index contributed by atoms with van der Waals surface area (Å²) >= 11 is 0. The quantitative estimate of drug-likeness (QED) is 0.129. The smallest absolute Gasteiger partial charge is 0.235 e. The van der Waals surface area contributed by atoms with Gasteiger partial charge in [-0.3, -0.25) is 4.57 Å². The summed E-state index contributed by atoms with van der Waals surface area (Å²) in [5, 5.41) is 9.73. The van der Waals surface area contributed by atoms with E-state index in [4.69, 9.17) is 24.9 Å². The maximum absolute atomic E-state index is 5.23. The second-order valence-corrected chi connectivity index (χ2v) is 26.8. The summed E-state index contributed by atoms with van der Waals surface area (Å²) < 4.78 is 9.30. The van der Waals surface area contributed by atoms with Crippen LogP contribution in [-0.2, 0) is 0 Å². The zero-order valence-electron chi connectivity index (χ0n) is 57.4. The Labute approximate surface area is 610 Å². The van der Waals surface area contributed by atoms with Gasteiger partial charge in [0.1, 0.15) is 0 Å². The number of para-hydroxylation sites is 6. The first-order valence-electron chi connectivity index (χ1n) is 35.8. The number of fused-ring (bicyclic) bond motifs is 12. The standard InChI is InChI=1S/C51H33N5.C46H30N4/c1-4-14-34(15-5-1)49-52-50(35-16-6-2-7-17-35)54-51(53-49)36-24-28-40(29-25-36)56-46-23-13-11-21-42(46)44-33-38(27-31-48(44)56)37-26-30-47-43(32-37)41-20-10-12-22-45(41)55(47)39-18-8-3-9-19-39;1-4-14-31(15-5-1)40-30-41(32-16-6-2-7-17-32)48-46(47-40)50-43-23-13-10-20-36(43)38-26-24-34(29-45(38)50)33-25-27-44-39(28-33)37-21-11-12-22-42(37)49(44)35-18-8-3-9-19-35/h1-33H;1-30H. The molecule has 0 aliphatic rings. The lowest BCUT2D eigenvalue weighted by molar-refractivity contribution is 0.996. The monoisotopic (exact) mass is 1350 g/mol. The van der Waals surface area contributed by atoms with E-state index in [1.807, 2.05) is 72.8 Å². The summed E-state index contributed by atoms with van der Waals surface area (Å²) in [6.07, 6.45) is 0. The average molecular weight is 1350 g/mol. The van der Waals surface area contributed by atoms with Crippen molar-refractivity contribution in [2.45, 2.75) is 0 Å². The van der Waals surface area contributed by atoms with Gasteiger partial charge in [0.25, 0.3) is 0 Å². The van der Waals surface area contributed by atoms with Gasteiger partial charge in [0.2, 0.25) is 5.95 Å². The van der Waals surface area contributed by atoms with Crippen LogP contribution in [0.25, 0.3) is 189 Å². The minimum absolute atomic E-state index is 0.639. The fourth-order valence-corrected chi connectivity index (χ4v) is 15.6. The van der Waals surface area contributed by atoms with Crippen LogP contribution < -0.4 is 0 Å². The van der Waals surface area contributed by atoms with E-state index in [2.05, 4.69) is 328 Å². The molecule has 0 spiro atoms. The Bertz CT molecular complexity index is 6790. The lowest BCUT2D eigenvalue weighted by Crippen LogP contribution is -2.04. The van der Waals surface area contributed by atoms with E-state index in [1.54, 1.807) is 0 Å². The lowest BCUT2D eigenvalue weighted by Gasteiger charge is -2.12. The van der Waals surface area contributed by atoms with Gasteiger partial charge in [0.05, 0.1) is 55.5 Å². The lowest BCUT2D eigenvalue weighted by atomic mass is 10.0. The molecular weight excluding hydrogens is 1290 g/mol. The van der Waals surface area contributed by atoms with Crippen LogP contribution in [0.5, 0.6) is 0 Å². The number of benzene rings is 15. The van der Waals surface area contributed by atoms with Crippen molar-refractivity contribution in [3.05, 3.63) is 382 Å². The summed E-state index contributed by atoms with van der Waals surface area (Å²) in [7, 11) is 0. The van der Waals surface area contributed by atoms with Gasteiger partial charge in [-0.25, -0.2) is 24.9 Å². The zero-order valence-corrected chi connectivity index (χ0v) is 57.4. The van der Waals surface area contributed by atoms with Crippen molar-refractivity contribution in [3.63, 3.8) is 0 Å². The molecule has 0 bridgehead atoms. The molecule has 21 aromatic rings. The first-order chi connectivity index (χ1) is 52.6. The summed E-state index contributed by atoms with van der Waals surface area (Å²) in [6, 6.07) is 135. The molecule has 0 N–H and O–H groups in total.